The lowest BCUT2D eigenvalue weighted by Crippen LogP contribution is -2.49. The topological polar surface area (TPSA) is 57.6 Å². The van der Waals surface area contributed by atoms with Crippen LogP contribution in [-0.2, 0) is 4.79 Å². The number of aliphatic carboxylic acids is 1. The number of halogens is 1. The highest BCUT2D eigenvalue weighted by atomic mass is 35.5. The number of piperidine rings is 1. The van der Waals surface area contributed by atoms with E-state index in [1.807, 2.05) is 0 Å². The van der Waals surface area contributed by atoms with Gasteiger partial charge in [-0.05, 0) is 30.9 Å². The van der Waals surface area contributed by atoms with E-state index in [9.17, 15) is 14.7 Å². The highest BCUT2D eigenvalue weighted by Crippen LogP contribution is 2.29. The SMILES string of the molecule is CCC1CCN(C(=O)c2ccc(Cl)s2)C(C(=O)O)C1. The van der Waals surface area contributed by atoms with E-state index in [0.29, 0.717) is 28.1 Å². The summed E-state index contributed by atoms with van der Waals surface area (Å²) in [6.45, 7) is 2.56. The number of carbonyl (C=O) groups excluding carboxylic acids is 1. The van der Waals surface area contributed by atoms with Crippen molar-refractivity contribution in [2.75, 3.05) is 6.54 Å². The van der Waals surface area contributed by atoms with Crippen LogP contribution in [0.15, 0.2) is 12.1 Å². The molecule has 0 radical (unpaired) electrons. The van der Waals surface area contributed by atoms with Crippen LogP contribution in [0.4, 0.5) is 0 Å². The van der Waals surface area contributed by atoms with Gasteiger partial charge in [0.15, 0.2) is 0 Å². The Morgan fingerprint density at radius 3 is 2.79 bits per heavy atom. The summed E-state index contributed by atoms with van der Waals surface area (Å²) in [4.78, 5) is 25.7. The van der Waals surface area contributed by atoms with Crippen molar-refractivity contribution in [1.82, 2.24) is 4.90 Å². The minimum Gasteiger partial charge on any atom is -0.480 e. The minimum atomic E-state index is -0.922. The first kappa shape index (κ1) is 14.3. The summed E-state index contributed by atoms with van der Waals surface area (Å²) < 4.78 is 0.540. The Morgan fingerprint density at radius 1 is 1.53 bits per heavy atom. The highest BCUT2D eigenvalue weighted by molar-refractivity contribution is 7.17. The lowest BCUT2D eigenvalue weighted by atomic mass is 9.89. The molecule has 0 spiro atoms. The highest BCUT2D eigenvalue weighted by Gasteiger charge is 2.36. The van der Waals surface area contributed by atoms with Crippen molar-refractivity contribution >= 4 is 34.8 Å². The molecule has 2 rings (SSSR count). The smallest absolute Gasteiger partial charge is 0.326 e. The van der Waals surface area contributed by atoms with E-state index >= 15 is 0 Å². The Kier molecular flexibility index (Phi) is 4.47. The second kappa shape index (κ2) is 5.92. The van der Waals surface area contributed by atoms with E-state index in [-0.39, 0.29) is 5.91 Å². The van der Waals surface area contributed by atoms with Gasteiger partial charge in [0, 0.05) is 6.54 Å². The molecule has 1 aliphatic heterocycles. The molecule has 0 bridgehead atoms. The van der Waals surface area contributed by atoms with Crippen LogP contribution in [0.1, 0.15) is 35.9 Å². The number of rotatable bonds is 3. The molecule has 104 valence electrons. The molecule has 0 saturated carbocycles. The number of nitrogens with zero attached hydrogens (tertiary/aromatic N) is 1. The molecule has 19 heavy (non-hydrogen) atoms. The third kappa shape index (κ3) is 3.09. The van der Waals surface area contributed by atoms with Gasteiger partial charge in [0.1, 0.15) is 6.04 Å². The molecule has 2 atom stereocenters. The molecule has 6 heteroatoms. The zero-order valence-corrected chi connectivity index (χ0v) is 12.2. The standard InChI is InChI=1S/C13H16ClNO3S/c1-2-8-5-6-15(9(7-8)13(17)18)12(16)10-3-4-11(14)19-10/h3-4,8-9H,2,5-7H2,1H3,(H,17,18). The summed E-state index contributed by atoms with van der Waals surface area (Å²) in [5.74, 6) is -0.759. The normalized spacial score (nSPS) is 23.4. The summed E-state index contributed by atoms with van der Waals surface area (Å²) in [5.41, 5.74) is 0. The fourth-order valence-electron chi connectivity index (χ4n) is 2.46. The van der Waals surface area contributed by atoms with Crippen LogP contribution in [0.2, 0.25) is 4.34 Å². The molecular weight excluding hydrogens is 286 g/mol. The van der Waals surface area contributed by atoms with Crippen molar-refractivity contribution < 1.29 is 14.7 Å². The molecule has 1 aliphatic rings. The van der Waals surface area contributed by atoms with Crippen LogP contribution in [-0.4, -0.2) is 34.5 Å². The number of thiophene rings is 1. The zero-order valence-electron chi connectivity index (χ0n) is 10.6. The van der Waals surface area contributed by atoms with Crippen molar-refractivity contribution in [3.63, 3.8) is 0 Å². The third-order valence-electron chi connectivity index (χ3n) is 3.62. The van der Waals surface area contributed by atoms with Gasteiger partial charge in [-0.1, -0.05) is 24.9 Å². The molecule has 1 saturated heterocycles. The predicted octanol–water partition coefficient (Wildman–Crippen LogP) is 3.12. The molecule has 0 aromatic carbocycles. The van der Waals surface area contributed by atoms with Crippen LogP contribution in [0.5, 0.6) is 0 Å². The van der Waals surface area contributed by atoms with Gasteiger partial charge in [0.2, 0.25) is 0 Å². The van der Waals surface area contributed by atoms with Crippen LogP contribution in [0.25, 0.3) is 0 Å². The van der Waals surface area contributed by atoms with E-state index in [2.05, 4.69) is 6.92 Å². The molecule has 1 fully saturated rings. The van der Waals surface area contributed by atoms with Gasteiger partial charge < -0.3 is 10.0 Å². The van der Waals surface area contributed by atoms with Gasteiger partial charge in [0.05, 0.1) is 9.21 Å². The Balaban J connectivity index is 2.17. The molecule has 0 aliphatic carbocycles. The molecule has 1 aromatic heterocycles. The summed E-state index contributed by atoms with van der Waals surface area (Å²) in [5, 5.41) is 9.31. The van der Waals surface area contributed by atoms with Crippen molar-refractivity contribution in [2.45, 2.75) is 32.2 Å². The molecule has 1 aromatic rings. The number of likely N-dealkylation sites (tertiary alicyclic amines) is 1. The zero-order chi connectivity index (χ0) is 14.0. The van der Waals surface area contributed by atoms with Crippen LogP contribution in [0.3, 0.4) is 0 Å². The van der Waals surface area contributed by atoms with E-state index in [0.717, 1.165) is 12.8 Å². The van der Waals surface area contributed by atoms with Gasteiger partial charge in [-0.2, -0.15) is 0 Å². The van der Waals surface area contributed by atoms with Crippen molar-refractivity contribution in [3.8, 4) is 0 Å². The maximum atomic E-state index is 12.3. The molecule has 1 N–H and O–H groups in total. The summed E-state index contributed by atoms with van der Waals surface area (Å²) in [6.07, 6.45) is 2.36. The first-order valence-corrected chi connectivity index (χ1v) is 7.51. The predicted molar refractivity (Wildman–Crippen MR) is 74.8 cm³/mol. The number of carboxylic acids is 1. The van der Waals surface area contributed by atoms with Crippen LogP contribution in [0, 0.1) is 5.92 Å². The first-order valence-electron chi connectivity index (χ1n) is 6.32. The van der Waals surface area contributed by atoms with Crippen molar-refractivity contribution in [2.24, 2.45) is 5.92 Å². The van der Waals surface area contributed by atoms with E-state index in [1.165, 1.54) is 16.2 Å². The van der Waals surface area contributed by atoms with E-state index < -0.39 is 12.0 Å². The Labute approximate surface area is 121 Å². The van der Waals surface area contributed by atoms with Gasteiger partial charge >= 0.3 is 5.97 Å². The van der Waals surface area contributed by atoms with Gasteiger partial charge in [-0.15, -0.1) is 11.3 Å². The number of carboxylic acid groups (broad SMARTS) is 1. The average Bonchev–Trinajstić information content (AvgIpc) is 2.83. The molecule has 2 unspecified atom stereocenters. The minimum absolute atomic E-state index is 0.223. The summed E-state index contributed by atoms with van der Waals surface area (Å²) in [7, 11) is 0. The fourth-order valence-corrected chi connectivity index (χ4v) is 3.46. The number of hydrogen-bond donors (Lipinski definition) is 1. The van der Waals surface area contributed by atoms with Gasteiger partial charge in [-0.3, -0.25) is 4.79 Å². The largest absolute Gasteiger partial charge is 0.480 e. The average molecular weight is 302 g/mol. The quantitative estimate of drug-likeness (QED) is 0.933. The van der Waals surface area contributed by atoms with E-state index in [4.69, 9.17) is 11.6 Å². The lowest BCUT2D eigenvalue weighted by molar-refractivity contribution is -0.144. The monoisotopic (exact) mass is 301 g/mol. The van der Waals surface area contributed by atoms with E-state index in [1.54, 1.807) is 12.1 Å². The van der Waals surface area contributed by atoms with Crippen molar-refractivity contribution in [1.29, 1.82) is 0 Å². The Hall–Kier alpha value is -1.07. The van der Waals surface area contributed by atoms with Gasteiger partial charge in [-0.25, -0.2) is 4.79 Å². The Morgan fingerprint density at radius 2 is 2.26 bits per heavy atom. The second-order valence-corrected chi connectivity index (χ2v) is 6.47. The van der Waals surface area contributed by atoms with Gasteiger partial charge in [0.25, 0.3) is 5.91 Å². The third-order valence-corrected chi connectivity index (χ3v) is 4.84. The molecule has 1 amide bonds. The maximum absolute atomic E-state index is 12.3. The Bertz CT molecular complexity index is 488. The molecule has 4 nitrogen and oxygen atoms in total. The summed E-state index contributed by atoms with van der Waals surface area (Å²) >= 11 is 7.01. The van der Waals surface area contributed by atoms with Crippen LogP contribution < -0.4 is 0 Å². The number of carbonyl (C=O) groups is 2. The molecule has 2 heterocycles. The second-order valence-electron chi connectivity index (χ2n) is 4.75. The number of hydrogen-bond acceptors (Lipinski definition) is 3. The number of amides is 1. The lowest BCUT2D eigenvalue weighted by Gasteiger charge is -2.36. The summed E-state index contributed by atoms with van der Waals surface area (Å²) in [6, 6.07) is 2.60. The fraction of sp³-hybridized carbons (Fsp3) is 0.538. The molecular formula is C13H16ClNO3S. The maximum Gasteiger partial charge on any atom is 0.326 e. The first-order chi connectivity index (χ1) is 9.02. The van der Waals surface area contributed by atoms with Crippen molar-refractivity contribution in [3.05, 3.63) is 21.3 Å². The van der Waals surface area contributed by atoms with Crippen LogP contribution >= 0.6 is 22.9 Å².